The monoisotopic (exact) mass is 519 g/mol. The number of hydrogen-bond acceptors (Lipinski definition) is 6. The lowest BCUT2D eigenvalue weighted by Gasteiger charge is -2.20. The van der Waals surface area contributed by atoms with Gasteiger partial charge in [0.15, 0.2) is 6.04 Å². The molecule has 0 radical (unpaired) electrons. The van der Waals surface area contributed by atoms with Crippen molar-refractivity contribution in [3.05, 3.63) is 96.6 Å². The first-order valence-corrected chi connectivity index (χ1v) is 12.7. The van der Waals surface area contributed by atoms with Crippen molar-refractivity contribution >= 4 is 41.7 Å². The first-order chi connectivity index (χ1) is 18.0. The van der Waals surface area contributed by atoms with Crippen LogP contribution in [0.5, 0.6) is 0 Å². The molecule has 0 aromatic heterocycles. The highest BCUT2D eigenvalue weighted by atomic mass is 32.1. The molecule has 1 atom stereocenters. The van der Waals surface area contributed by atoms with Crippen LogP contribution in [0.15, 0.2) is 91.0 Å². The summed E-state index contributed by atoms with van der Waals surface area (Å²) >= 11 is 4.40. The molecule has 3 aromatic rings. The van der Waals surface area contributed by atoms with E-state index in [1.165, 1.54) is 0 Å². The molecule has 0 aliphatic carbocycles. The van der Waals surface area contributed by atoms with E-state index in [2.05, 4.69) is 39.2 Å². The van der Waals surface area contributed by atoms with Gasteiger partial charge in [0.05, 0.1) is 5.25 Å². The zero-order valence-corrected chi connectivity index (χ0v) is 21.4. The van der Waals surface area contributed by atoms with Gasteiger partial charge in [0.2, 0.25) is 5.91 Å². The molecular formula is C28H33N5O3S. The Labute approximate surface area is 223 Å². The van der Waals surface area contributed by atoms with Crippen LogP contribution in [-0.2, 0) is 20.8 Å². The molecule has 0 aliphatic heterocycles. The summed E-state index contributed by atoms with van der Waals surface area (Å²) in [6.45, 7) is 1.47. The van der Waals surface area contributed by atoms with E-state index in [0.717, 1.165) is 16.9 Å². The van der Waals surface area contributed by atoms with Crippen LogP contribution in [0.25, 0.3) is 0 Å². The molecule has 3 aromatic carbocycles. The maximum absolute atomic E-state index is 12.9. The van der Waals surface area contributed by atoms with E-state index in [1.807, 2.05) is 91.0 Å². The van der Waals surface area contributed by atoms with Crippen molar-refractivity contribution in [2.75, 3.05) is 36.8 Å². The fourth-order valence-corrected chi connectivity index (χ4v) is 3.81. The van der Waals surface area contributed by atoms with Crippen molar-refractivity contribution in [3.63, 3.8) is 0 Å². The number of hydrogen-bond donors (Lipinski definition) is 6. The lowest BCUT2D eigenvalue weighted by Crippen LogP contribution is -2.57. The molecule has 9 heteroatoms. The first-order valence-electron chi connectivity index (χ1n) is 12.2. The molecular weight excluding hydrogens is 486 g/mol. The van der Waals surface area contributed by atoms with E-state index >= 15 is 0 Å². The highest BCUT2D eigenvalue weighted by Gasteiger charge is 2.30. The van der Waals surface area contributed by atoms with Crippen LogP contribution in [0.2, 0.25) is 0 Å². The van der Waals surface area contributed by atoms with E-state index in [-0.39, 0.29) is 13.1 Å². The van der Waals surface area contributed by atoms with Gasteiger partial charge in [-0.3, -0.25) is 14.4 Å². The van der Waals surface area contributed by atoms with Crippen molar-refractivity contribution in [3.8, 4) is 0 Å². The van der Waals surface area contributed by atoms with E-state index in [1.54, 1.807) is 0 Å². The van der Waals surface area contributed by atoms with Gasteiger partial charge in [-0.25, -0.2) is 0 Å². The fourth-order valence-electron chi connectivity index (χ4n) is 3.52. The zero-order chi connectivity index (χ0) is 26.3. The molecule has 5 N–H and O–H groups in total. The molecule has 0 bridgehead atoms. The van der Waals surface area contributed by atoms with Crippen LogP contribution >= 0.6 is 12.6 Å². The minimum atomic E-state index is -1.38. The first kappa shape index (κ1) is 27.6. The maximum Gasteiger partial charge on any atom is 0.252 e. The standard InChI is InChI=1S/C28H33N5O3S/c34-26(24(37)20-21-10-4-1-5-11-21)33-25(27(35)31-18-16-29-22-12-6-2-7-13-22)28(36)32-19-17-30-23-14-8-3-9-15-23/h1-15,24-25,29-30,37H,16-20H2,(H,31,35)(H,32,36)(H,33,34). The largest absolute Gasteiger partial charge is 0.383 e. The summed E-state index contributed by atoms with van der Waals surface area (Å²) in [5.74, 6) is -1.67. The lowest BCUT2D eigenvalue weighted by atomic mass is 10.1. The Morgan fingerprint density at radius 2 is 1.03 bits per heavy atom. The van der Waals surface area contributed by atoms with Crippen LogP contribution in [0.3, 0.4) is 0 Å². The molecule has 37 heavy (non-hydrogen) atoms. The second kappa shape index (κ2) is 15.2. The van der Waals surface area contributed by atoms with Crippen LogP contribution in [-0.4, -0.2) is 55.2 Å². The van der Waals surface area contributed by atoms with Gasteiger partial charge in [0.1, 0.15) is 0 Å². The SMILES string of the molecule is O=C(NC(C(=O)NCCNc1ccccc1)C(=O)NCCNc1ccccc1)C(S)Cc1ccccc1. The number of anilines is 2. The summed E-state index contributed by atoms with van der Waals surface area (Å²) in [6.07, 6.45) is 0.369. The normalized spacial score (nSPS) is 11.3. The van der Waals surface area contributed by atoms with Crippen molar-refractivity contribution in [2.24, 2.45) is 0 Å². The second-order valence-corrected chi connectivity index (χ2v) is 8.94. The number of carbonyl (C=O) groups excluding carboxylic acids is 3. The van der Waals surface area contributed by atoms with Crippen LogP contribution in [0.1, 0.15) is 5.56 Å². The topological polar surface area (TPSA) is 111 Å². The Kier molecular flexibility index (Phi) is 11.3. The molecule has 0 aliphatic rings. The van der Waals surface area contributed by atoms with Gasteiger partial charge in [-0.1, -0.05) is 66.7 Å². The second-order valence-electron chi connectivity index (χ2n) is 8.31. The number of benzene rings is 3. The predicted octanol–water partition coefficient (Wildman–Crippen LogP) is 2.47. The number of nitrogens with one attached hydrogen (secondary N) is 5. The van der Waals surface area contributed by atoms with E-state index < -0.39 is 29.0 Å². The summed E-state index contributed by atoms with van der Waals surface area (Å²) in [4.78, 5) is 38.6. The average molecular weight is 520 g/mol. The van der Waals surface area contributed by atoms with Gasteiger partial charge >= 0.3 is 0 Å². The van der Waals surface area contributed by atoms with Crippen LogP contribution < -0.4 is 26.6 Å². The molecule has 0 saturated heterocycles. The van der Waals surface area contributed by atoms with Gasteiger partial charge in [-0.05, 0) is 36.2 Å². The van der Waals surface area contributed by atoms with Gasteiger partial charge in [-0.15, -0.1) is 0 Å². The van der Waals surface area contributed by atoms with Gasteiger partial charge in [-0.2, -0.15) is 12.6 Å². The molecule has 8 nitrogen and oxygen atoms in total. The molecule has 0 spiro atoms. The predicted molar refractivity (Wildman–Crippen MR) is 151 cm³/mol. The lowest BCUT2D eigenvalue weighted by molar-refractivity contribution is -0.136. The number of carbonyl (C=O) groups is 3. The van der Waals surface area contributed by atoms with Crippen molar-refractivity contribution in [1.29, 1.82) is 0 Å². The Morgan fingerprint density at radius 3 is 1.49 bits per heavy atom. The number of para-hydroxylation sites is 2. The van der Waals surface area contributed by atoms with E-state index in [4.69, 9.17) is 0 Å². The van der Waals surface area contributed by atoms with Gasteiger partial charge in [0.25, 0.3) is 11.8 Å². The Balaban J connectivity index is 1.53. The smallest absolute Gasteiger partial charge is 0.252 e. The third kappa shape index (κ3) is 9.89. The molecule has 3 rings (SSSR count). The number of rotatable bonds is 14. The molecule has 0 heterocycles. The number of thiol groups is 1. The quantitative estimate of drug-likeness (QED) is 0.111. The summed E-state index contributed by atoms with van der Waals surface area (Å²) < 4.78 is 0. The fraction of sp³-hybridized carbons (Fsp3) is 0.250. The molecule has 3 amide bonds. The van der Waals surface area contributed by atoms with Gasteiger partial charge < -0.3 is 26.6 Å². The van der Waals surface area contributed by atoms with Crippen molar-refractivity contribution in [2.45, 2.75) is 17.7 Å². The third-order valence-corrected chi connectivity index (χ3v) is 5.86. The van der Waals surface area contributed by atoms with E-state index in [0.29, 0.717) is 19.5 Å². The summed E-state index contributed by atoms with van der Waals surface area (Å²) in [6, 6.07) is 27.2. The zero-order valence-electron chi connectivity index (χ0n) is 20.5. The Morgan fingerprint density at radius 1 is 0.595 bits per heavy atom. The summed E-state index contributed by atoms with van der Waals surface area (Å²) in [5, 5.41) is 13.7. The van der Waals surface area contributed by atoms with Gasteiger partial charge in [0, 0.05) is 37.6 Å². The minimum absolute atomic E-state index is 0.275. The summed E-state index contributed by atoms with van der Waals surface area (Å²) in [5.41, 5.74) is 2.77. The Bertz CT molecular complexity index is 1060. The summed E-state index contributed by atoms with van der Waals surface area (Å²) in [7, 11) is 0. The van der Waals surface area contributed by atoms with Crippen molar-refractivity contribution < 1.29 is 14.4 Å². The van der Waals surface area contributed by atoms with E-state index in [9.17, 15) is 14.4 Å². The minimum Gasteiger partial charge on any atom is -0.383 e. The third-order valence-electron chi connectivity index (χ3n) is 5.44. The van der Waals surface area contributed by atoms with Crippen LogP contribution in [0, 0.1) is 0 Å². The maximum atomic E-state index is 12.9. The average Bonchev–Trinajstić information content (AvgIpc) is 2.93. The highest BCUT2D eigenvalue weighted by Crippen LogP contribution is 2.09. The van der Waals surface area contributed by atoms with Crippen molar-refractivity contribution in [1.82, 2.24) is 16.0 Å². The Hall–Kier alpha value is -3.98. The molecule has 194 valence electrons. The van der Waals surface area contributed by atoms with Crippen LogP contribution in [0.4, 0.5) is 11.4 Å². The number of amides is 3. The highest BCUT2D eigenvalue weighted by molar-refractivity contribution is 7.81. The molecule has 0 fully saturated rings. The molecule has 1 unspecified atom stereocenters. The molecule has 0 saturated carbocycles.